The predicted octanol–water partition coefficient (Wildman–Crippen LogP) is 5.11. The quantitative estimate of drug-likeness (QED) is 0.654. The Hall–Kier alpha value is -2.13. The molecule has 0 N–H and O–H groups in total. The molecule has 3 aromatic rings. The van der Waals surface area contributed by atoms with Crippen LogP contribution < -0.4 is 4.90 Å². The molecule has 2 aromatic carbocycles. The van der Waals surface area contributed by atoms with E-state index in [2.05, 4.69) is 58.4 Å². The van der Waals surface area contributed by atoms with Crippen LogP contribution in [0, 0.1) is 5.92 Å². The summed E-state index contributed by atoms with van der Waals surface area (Å²) < 4.78 is 0. The number of fused-ring (bicyclic) bond motifs is 1. The number of hydrogen-bond acceptors (Lipinski definition) is 3. The molecule has 128 valence electrons. The highest BCUT2D eigenvalue weighted by Gasteiger charge is 2.24. The third-order valence-corrected chi connectivity index (χ3v) is 5.44. The largest absolute Gasteiger partial charge is 0.354 e. The number of rotatable bonds is 4. The van der Waals surface area contributed by atoms with Crippen molar-refractivity contribution in [1.29, 1.82) is 0 Å². The maximum atomic E-state index is 5.99. The lowest BCUT2D eigenvalue weighted by Gasteiger charge is -2.19. The van der Waals surface area contributed by atoms with E-state index in [9.17, 15) is 0 Å². The van der Waals surface area contributed by atoms with Gasteiger partial charge in [0.05, 0.1) is 5.69 Å². The SMILES string of the molecule is CCC1CCN(c2nnc(Cc3ccc(Cl)cc3)c3ccccc23)C1. The molecule has 2 heterocycles. The molecule has 1 aliphatic heterocycles. The molecule has 4 rings (SSSR count). The van der Waals surface area contributed by atoms with Crippen LogP contribution in [-0.4, -0.2) is 23.3 Å². The van der Waals surface area contributed by atoms with Crippen LogP contribution in [0.25, 0.3) is 10.8 Å². The van der Waals surface area contributed by atoms with Gasteiger partial charge in [-0.25, -0.2) is 0 Å². The van der Waals surface area contributed by atoms with Gasteiger partial charge in [-0.05, 0) is 30.0 Å². The zero-order chi connectivity index (χ0) is 17.2. The van der Waals surface area contributed by atoms with Crippen LogP contribution in [-0.2, 0) is 6.42 Å². The normalized spacial score (nSPS) is 17.4. The molecule has 1 atom stereocenters. The standard InChI is InChI=1S/C21H22ClN3/c1-2-15-11-12-25(14-15)21-19-6-4-3-5-18(19)20(23-24-21)13-16-7-9-17(22)10-8-16/h3-10,15H,2,11-14H2,1H3. The molecule has 1 fully saturated rings. The van der Waals surface area contributed by atoms with Crippen molar-refractivity contribution in [3.05, 3.63) is 64.8 Å². The summed E-state index contributed by atoms with van der Waals surface area (Å²) in [5, 5.41) is 12.4. The molecule has 0 amide bonds. The van der Waals surface area contributed by atoms with E-state index in [1.54, 1.807) is 0 Å². The van der Waals surface area contributed by atoms with Crippen LogP contribution in [0.3, 0.4) is 0 Å². The molecule has 0 bridgehead atoms. The first-order valence-corrected chi connectivity index (χ1v) is 9.36. The fraction of sp³-hybridized carbons (Fsp3) is 0.333. The molecule has 0 aliphatic carbocycles. The van der Waals surface area contributed by atoms with E-state index in [1.165, 1.54) is 29.2 Å². The molecule has 1 aromatic heterocycles. The second kappa shape index (κ2) is 7.01. The summed E-state index contributed by atoms with van der Waals surface area (Å²) in [6.07, 6.45) is 3.25. The van der Waals surface area contributed by atoms with Gasteiger partial charge in [0, 0.05) is 35.3 Å². The molecular weight excluding hydrogens is 330 g/mol. The summed E-state index contributed by atoms with van der Waals surface area (Å²) in [5.74, 6) is 1.81. The van der Waals surface area contributed by atoms with E-state index in [1.807, 2.05) is 12.1 Å². The summed E-state index contributed by atoms with van der Waals surface area (Å²) in [6.45, 7) is 4.44. The van der Waals surface area contributed by atoms with Crippen molar-refractivity contribution in [2.24, 2.45) is 5.92 Å². The molecule has 3 nitrogen and oxygen atoms in total. The first kappa shape index (κ1) is 16.3. The Morgan fingerprint density at radius 3 is 2.52 bits per heavy atom. The van der Waals surface area contributed by atoms with Crippen LogP contribution in [0.5, 0.6) is 0 Å². The maximum Gasteiger partial charge on any atom is 0.159 e. The van der Waals surface area contributed by atoms with E-state index >= 15 is 0 Å². The number of benzene rings is 2. The van der Waals surface area contributed by atoms with Gasteiger partial charge in [-0.3, -0.25) is 0 Å². The average Bonchev–Trinajstić information content (AvgIpc) is 3.13. The highest BCUT2D eigenvalue weighted by Crippen LogP contribution is 2.31. The lowest BCUT2D eigenvalue weighted by molar-refractivity contribution is 0.568. The van der Waals surface area contributed by atoms with Crippen LogP contribution in [0.15, 0.2) is 48.5 Å². The Balaban J connectivity index is 1.70. The molecular formula is C21H22ClN3. The van der Waals surface area contributed by atoms with Crippen molar-refractivity contribution in [3.8, 4) is 0 Å². The fourth-order valence-corrected chi connectivity index (χ4v) is 3.79. The van der Waals surface area contributed by atoms with E-state index in [4.69, 9.17) is 11.6 Å². The van der Waals surface area contributed by atoms with Crippen molar-refractivity contribution < 1.29 is 0 Å². The minimum Gasteiger partial charge on any atom is -0.354 e. The molecule has 25 heavy (non-hydrogen) atoms. The van der Waals surface area contributed by atoms with Crippen molar-refractivity contribution >= 4 is 28.2 Å². The first-order valence-electron chi connectivity index (χ1n) is 8.98. The van der Waals surface area contributed by atoms with E-state index in [0.717, 1.165) is 42.0 Å². The Morgan fingerprint density at radius 2 is 1.80 bits per heavy atom. The van der Waals surface area contributed by atoms with Gasteiger partial charge in [0.2, 0.25) is 0 Å². The minimum atomic E-state index is 0.759. The lowest BCUT2D eigenvalue weighted by atomic mass is 10.0. The third kappa shape index (κ3) is 3.34. The van der Waals surface area contributed by atoms with Gasteiger partial charge < -0.3 is 4.90 Å². The lowest BCUT2D eigenvalue weighted by Crippen LogP contribution is -2.21. The van der Waals surface area contributed by atoms with E-state index in [-0.39, 0.29) is 0 Å². The highest BCUT2D eigenvalue weighted by molar-refractivity contribution is 6.30. The summed E-state index contributed by atoms with van der Waals surface area (Å²) in [7, 11) is 0. The summed E-state index contributed by atoms with van der Waals surface area (Å²) in [5.41, 5.74) is 2.22. The third-order valence-electron chi connectivity index (χ3n) is 5.19. The van der Waals surface area contributed by atoms with Crippen LogP contribution in [0.4, 0.5) is 5.82 Å². The van der Waals surface area contributed by atoms with Gasteiger partial charge in [0.15, 0.2) is 5.82 Å². The van der Waals surface area contributed by atoms with E-state index < -0.39 is 0 Å². The van der Waals surface area contributed by atoms with Crippen molar-refractivity contribution in [2.45, 2.75) is 26.2 Å². The summed E-state index contributed by atoms with van der Waals surface area (Å²) >= 11 is 5.99. The van der Waals surface area contributed by atoms with Gasteiger partial charge in [-0.2, -0.15) is 5.10 Å². The Morgan fingerprint density at radius 1 is 1.04 bits per heavy atom. The maximum absolute atomic E-state index is 5.99. The van der Waals surface area contributed by atoms with Crippen LogP contribution in [0.1, 0.15) is 31.0 Å². The van der Waals surface area contributed by atoms with E-state index in [0.29, 0.717) is 0 Å². The zero-order valence-electron chi connectivity index (χ0n) is 14.5. The van der Waals surface area contributed by atoms with Crippen molar-refractivity contribution in [1.82, 2.24) is 10.2 Å². The summed E-state index contributed by atoms with van der Waals surface area (Å²) in [6, 6.07) is 16.5. The Labute approximate surface area is 153 Å². The Bertz CT molecular complexity index is 876. The van der Waals surface area contributed by atoms with Gasteiger partial charge in [0.25, 0.3) is 0 Å². The topological polar surface area (TPSA) is 29.0 Å². The molecule has 0 radical (unpaired) electrons. The van der Waals surface area contributed by atoms with Crippen LogP contribution >= 0.6 is 11.6 Å². The molecule has 4 heteroatoms. The van der Waals surface area contributed by atoms with Gasteiger partial charge in [-0.15, -0.1) is 5.10 Å². The monoisotopic (exact) mass is 351 g/mol. The molecule has 0 spiro atoms. The second-order valence-electron chi connectivity index (χ2n) is 6.83. The number of anilines is 1. The molecule has 1 aliphatic rings. The second-order valence-corrected chi connectivity index (χ2v) is 7.26. The minimum absolute atomic E-state index is 0.759. The van der Waals surface area contributed by atoms with Crippen molar-refractivity contribution in [3.63, 3.8) is 0 Å². The Kier molecular flexibility index (Phi) is 4.58. The zero-order valence-corrected chi connectivity index (χ0v) is 15.2. The van der Waals surface area contributed by atoms with Gasteiger partial charge >= 0.3 is 0 Å². The first-order chi connectivity index (χ1) is 12.2. The summed E-state index contributed by atoms with van der Waals surface area (Å²) in [4.78, 5) is 2.40. The smallest absolute Gasteiger partial charge is 0.159 e. The fourth-order valence-electron chi connectivity index (χ4n) is 3.66. The highest BCUT2D eigenvalue weighted by atomic mass is 35.5. The van der Waals surface area contributed by atoms with Gasteiger partial charge in [0.1, 0.15) is 0 Å². The number of nitrogens with zero attached hydrogens (tertiary/aromatic N) is 3. The number of halogens is 1. The van der Waals surface area contributed by atoms with Gasteiger partial charge in [-0.1, -0.05) is 61.3 Å². The molecule has 1 saturated heterocycles. The van der Waals surface area contributed by atoms with Crippen molar-refractivity contribution in [2.75, 3.05) is 18.0 Å². The number of aromatic nitrogens is 2. The number of hydrogen-bond donors (Lipinski definition) is 0. The van der Waals surface area contributed by atoms with Crippen LogP contribution in [0.2, 0.25) is 5.02 Å². The average molecular weight is 352 g/mol. The predicted molar refractivity (Wildman–Crippen MR) is 104 cm³/mol. The molecule has 0 saturated carbocycles. The molecule has 1 unspecified atom stereocenters.